The molecular formula is C20H20F3N5O3S. The van der Waals surface area contributed by atoms with Gasteiger partial charge in [0, 0.05) is 44.4 Å². The van der Waals surface area contributed by atoms with Gasteiger partial charge >= 0.3 is 6.18 Å². The number of methoxy groups -OCH3 is 1. The molecule has 0 aliphatic carbocycles. The summed E-state index contributed by atoms with van der Waals surface area (Å²) < 4.78 is 45.1. The van der Waals surface area contributed by atoms with Crippen LogP contribution in [0, 0.1) is 11.3 Å². The number of thiazole rings is 1. The maximum absolute atomic E-state index is 13.4. The van der Waals surface area contributed by atoms with Crippen LogP contribution in [-0.2, 0) is 15.7 Å². The van der Waals surface area contributed by atoms with E-state index in [1.807, 2.05) is 0 Å². The number of aromatic nitrogens is 1. The van der Waals surface area contributed by atoms with Crippen LogP contribution in [0.5, 0.6) is 0 Å². The molecule has 2 aromatic rings. The van der Waals surface area contributed by atoms with Gasteiger partial charge in [-0.2, -0.15) is 18.4 Å². The SMILES string of the molecule is COCCNC(=O)C1CN(c2ccc(C#N)c(C(F)(F)F)c2)CCN1C(=O)c1cscn1. The van der Waals surface area contributed by atoms with Crippen LogP contribution in [0.15, 0.2) is 29.1 Å². The number of hydrogen-bond donors (Lipinski definition) is 1. The minimum absolute atomic E-state index is 0.0160. The van der Waals surface area contributed by atoms with E-state index in [4.69, 9.17) is 10.00 Å². The molecule has 1 aliphatic heterocycles. The van der Waals surface area contributed by atoms with E-state index >= 15 is 0 Å². The second kappa shape index (κ2) is 9.97. The van der Waals surface area contributed by atoms with Gasteiger partial charge in [-0.25, -0.2) is 4.98 Å². The maximum atomic E-state index is 13.4. The second-order valence-corrected chi connectivity index (χ2v) is 7.68. The second-order valence-electron chi connectivity index (χ2n) is 6.96. The van der Waals surface area contributed by atoms with Gasteiger partial charge in [0.05, 0.1) is 29.3 Å². The lowest BCUT2D eigenvalue weighted by Crippen LogP contribution is -2.61. The molecule has 2 amide bonds. The number of hydrogen-bond acceptors (Lipinski definition) is 7. The van der Waals surface area contributed by atoms with E-state index in [9.17, 15) is 22.8 Å². The molecule has 3 rings (SSSR count). The maximum Gasteiger partial charge on any atom is 0.417 e. The zero-order chi connectivity index (χ0) is 23.3. The van der Waals surface area contributed by atoms with E-state index in [2.05, 4.69) is 10.3 Å². The quantitative estimate of drug-likeness (QED) is 0.654. The monoisotopic (exact) mass is 467 g/mol. The number of carbonyl (C=O) groups excluding carboxylic acids is 2. The average Bonchev–Trinajstić information content (AvgIpc) is 3.32. The third-order valence-corrected chi connectivity index (χ3v) is 5.58. The summed E-state index contributed by atoms with van der Waals surface area (Å²) in [6, 6.07) is 4.02. The first kappa shape index (κ1) is 23.5. The molecule has 170 valence electrons. The Hall–Kier alpha value is -3.17. The van der Waals surface area contributed by atoms with Gasteiger partial charge in [-0.15, -0.1) is 11.3 Å². The first-order valence-electron chi connectivity index (χ1n) is 9.58. The number of nitrogens with one attached hydrogen (secondary N) is 1. The predicted octanol–water partition coefficient (Wildman–Crippen LogP) is 2.13. The molecule has 0 spiro atoms. The lowest BCUT2D eigenvalue weighted by Gasteiger charge is -2.41. The Morgan fingerprint density at radius 3 is 2.78 bits per heavy atom. The fourth-order valence-corrected chi connectivity index (χ4v) is 3.93. The number of anilines is 1. The molecule has 1 atom stereocenters. The summed E-state index contributed by atoms with van der Waals surface area (Å²) in [5, 5.41) is 13.3. The highest BCUT2D eigenvalue weighted by Gasteiger charge is 2.38. The van der Waals surface area contributed by atoms with Crippen molar-refractivity contribution in [2.24, 2.45) is 0 Å². The van der Waals surface area contributed by atoms with Crippen LogP contribution in [-0.4, -0.2) is 67.6 Å². The summed E-state index contributed by atoms with van der Waals surface area (Å²) in [5.74, 6) is -0.867. The minimum Gasteiger partial charge on any atom is -0.383 e. The molecule has 32 heavy (non-hydrogen) atoms. The molecule has 0 saturated carbocycles. The molecule has 0 radical (unpaired) electrons. The van der Waals surface area contributed by atoms with Gasteiger partial charge in [-0.1, -0.05) is 0 Å². The third-order valence-electron chi connectivity index (χ3n) is 4.99. The van der Waals surface area contributed by atoms with E-state index in [1.165, 1.54) is 34.9 Å². The predicted molar refractivity (Wildman–Crippen MR) is 110 cm³/mol. The molecule has 12 heteroatoms. The smallest absolute Gasteiger partial charge is 0.383 e. The van der Waals surface area contributed by atoms with Crippen molar-refractivity contribution in [3.8, 4) is 6.07 Å². The molecule has 1 aromatic carbocycles. The van der Waals surface area contributed by atoms with Crippen molar-refractivity contribution in [3.05, 3.63) is 45.9 Å². The first-order valence-corrected chi connectivity index (χ1v) is 10.5. The Balaban J connectivity index is 1.87. The van der Waals surface area contributed by atoms with Crippen molar-refractivity contribution >= 4 is 28.8 Å². The van der Waals surface area contributed by atoms with E-state index in [0.717, 1.165) is 12.1 Å². The number of amides is 2. The van der Waals surface area contributed by atoms with Gasteiger partial charge in [0.2, 0.25) is 5.91 Å². The van der Waals surface area contributed by atoms with E-state index in [-0.39, 0.29) is 44.2 Å². The van der Waals surface area contributed by atoms with Crippen molar-refractivity contribution in [1.82, 2.24) is 15.2 Å². The van der Waals surface area contributed by atoms with Crippen LogP contribution >= 0.6 is 11.3 Å². The number of benzene rings is 1. The van der Waals surface area contributed by atoms with Gasteiger partial charge in [-0.05, 0) is 18.2 Å². The molecule has 0 bridgehead atoms. The van der Waals surface area contributed by atoms with Crippen LogP contribution in [0.4, 0.5) is 18.9 Å². The highest BCUT2D eigenvalue weighted by Crippen LogP contribution is 2.35. The van der Waals surface area contributed by atoms with Gasteiger partial charge < -0.3 is 19.9 Å². The van der Waals surface area contributed by atoms with Gasteiger partial charge in [-0.3, -0.25) is 9.59 Å². The first-order chi connectivity index (χ1) is 15.3. The molecule has 1 fully saturated rings. The Labute approximate surface area is 186 Å². The number of ether oxygens (including phenoxy) is 1. The molecule has 1 aromatic heterocycles. The number of halogens is 3. The third kappa shape index (κ3) is 5.17. The zero-order valence-corrected chi connectivity index (χ0v) is 17.9. The molecule has 1 N–H and O–H groups in total. The van der Waals surface area contributed by atoms with Gasteiger partial charge in [0.1, 0.15) is 11.7 Å². The van der Waals surface area contributed by atoms with Gasteiger partial charge in [0.15, 0.2) is 0 Å². The van der Waals surface area contributed by atoms with E-state index in [0.29, 0.717) is 0 Å². The fourth-order valence-electron chi connectivity index (χ4n) is 3.41. The van der Waals surface area contributed by atoms with Crippen LogP contribution in [0.2, 0.25) is 0 Å². The summed E-state index contributed by atoms with van der Waals surface area (Å²) in [6.45, 7) is 0.797. The normalized spacial score (nSPS) is 16.5. The minimum atomic E-state index is -4.69. The zero-order valence-electron chi connectivity index (χ0n) is 17.1. The fraction of sp³-hybridized carbons (Fsp3) is 0.400. The van der Waals surface area contributed by atoms with Crippen molar-refractivity contribution in [2.45, 2.75) is 12.2 Å². The lowest BCUT2D eigenvalue weighted by molar-refractivity contribution is -0.137. The molecule has 1 saturated heterocycles. The van der Waals surface area contributed by atoms with E-state index in [1.54, 1.807) is 16.3 Å². The summed E-state index contributed by atoms with van der Waals surface area (Å²) in [5.41, 5.74) is 0.404. The van der Waals surface area contributed by atoms with E-state index < -0.39 is 35.2 Å². The summed E-state index contributed by atoms with van der Waals surface area (Å²) in [6.07, 6.45) is -4.69. The van der Waals surface area contributed by atoms with Crippen molar-refractivity contribution < 1.29 is 27.5 Å². The number of nitrogens with zero attached hydrogens (tertiary/aromatic N) is 4. The lowest BCUT2D eigenvalue weighted by atomic mass is 10.0. The van der Waals surface area contributed by atoms with Crippen molar-refractivity contribution in [2.75, 3.05) is 44.8 Å². The summed E-state index contributed by atoms with van der Waals surface area (Å²) >= 11 is 1.24. The summed E-state index contributed by atoms with van der Waals surface area (Å²) in [4.78, 5) is 32.7. The largest absolute Gasteiger partial charge is 0.417 e. The Morgan fingerprint density at radius 1 is 1.38 bits per heavy atom. The highest BCUT2D eigenvalue weighted by atomic mass is 32.1. The Kier molecular flexibility index (Phi) is 7.32. The highest BCUT2D eigenvalue weighted by molar-refractivity contribution is 7.07. The summed E-state index contributed by atoms with van der Waals surface area (Å²) in [7, 11) is 1.48. The van der Waals surface area contributed by atoms with Crippen LogP contribution in [0.25, 0.3) is 0 Å². The number of nitriles is 1. The van der Waals surface area contributed by atoms with Crippen molar-refractivity contribution in [3.63, 3.8) is 0 Å². The molecule has 2 heterocycles. The molecule has 1 unspecified atom stereocenters. The number of alkyl halides is 3. The number of piperazine rings is 1. The standard InChI is InChI=1S/C20H20F3N5O3S/c1-31-7-4-25-18(29)17-10-27(5-6-28(17)19(30)16-11-32-12-26-16)14-3-2-13(9-24)15(8-14)20(21,22)23/h2-3,8,11-12,17H,4-7,10H2,1H3,(H,25,29). The topological polar surface area (TPSA) is 98.6 Å². The Morgan fingerprint density at radius 2 is 2.16 bits per heavy atom. The Bertz CT molecular complexity index is 1010. The van der Waals surface area contributed by atoms with Crippen LogP contribution < -0.4 is 10.2 Å². The average molecular weight is 467 g/mol. The van der Waals surface area contributed by atoms with Crippen LogP contribution in [0.1, 0.15) is 21.6 Å². The molecular weight excluding hydrogens is 447 g/mol. The van der Waals surface area contributed by atoms with Crippen LogP contribution in [0.3, 0.4) is 0 Å². The van der Waals surface area contributed by atoms with Gasteiger partial charge in [0.25, 0.3) is 5.91 Å². The molecule has 1 aliphatic rings. The number of carbonyl (C=O) groups is 2. The number of rotatable bonds is 6. The molecule has 8 nitrogen and oxygen atoms in total. The van der Waals surface area contributed by atoms with Crippen molar-refractivity contribution in [1.29, 1.82) is 5.26 Å².